The molecule has 0 radical (unpaired) electrons. The van der Waals surface area contributed by atoms with Crippen molar-refractivity contribution >= 4 is 5.78 Å². The van der Waals surface area contributed by atoms with E-state index in [0.717, 1.165) is 25.0 Å². The van der Waals surface area contributed by atoms with Crippen molar-refractivity contribution in [3.63, 3.8) is 0 Å². The van der Waals surface area contributed by atoms with Gasteiger partial charge in [-0.2, -0.15) is 4.98 Å². The molecule has 22 heavy (non-hydrogen) atoms. The molecule has 118 valence electrons. The third-order valence-electron chi connectivity index (χ3n) is 4.96. The lowest BCUT2D eigenvalue weighted by Gasteiger charge is -2.41. The molecule has 0 unspecified atom stereocenters. The molecule has 0 N–H and O–H groups in total. The van der Waals surface area contributed by atoms with Crippen LogP contribution >= 0.6 is 0 Å². The van der Waals surface area contributed by atoms with Crippen LogP contribution in [0.5, 0.6) is 5.88 Å². The van der Waals surface area contributed by atoms with Gasteiger partial charge in [0.2, 0.25) is 11.7 Å². The molecule has 2 saturated heterocycles. The fourth-order valence-corrected chi connectivity index (χ4v) is 3.53. The van der Waals surface area contributed by atoms with Crippen LogP contribution in [0.15, 0.2) is 18.5 Å². The van der Waals surface area contributed by atoms with E-state index in [1.807, 2.05) is 29.8 Å². The molecular weight excluding hydrogens is 285 g/mol. The van der Waals surface area contributed by atoms with Gasteiger partial charge in [0.05, 0.1) is 24.0 Å². The van der Waals surface area contributed by atoms with Crippen molar-refractivity contribution in [2.24, 2.45) is 0 Å². The van der Waals surface area contributed by atoms with Crippen molar-refractivity contribution in [3.8, 4) is 5.88 Å². The van der Waals surface area contributed by atoms with Crippen LogP contribution in [0.4, 0.5) is 4.39 Å². The summed E-state index contributed by atoms with van der Waals surface area (Å²) in [5.41, 5.74) is 0.272. The molecule has 0 aromatic carbocycles. The Hall–Kier alpha value is -1.69. The summed E-state index contributed by atoms with van der Waals surface area (Å²) in [5, 5.41) is 0. The van der Waals surface area contributed by atoms with E-state index in [2.05, 4.69) is 16.9 Å². The Morgan fingerprint density at radius 2 is 2.27 bits per heavy atom. The second kappa shape index (κ2) is 4.65. The first kappa shape index (κ1) is 13.9. The number of alkyl halides is 1. The first-order chi connectivity index (χ1) is 10.6. The minimum Gasteiger partial charge on any atom is -0.475 e. The van der Waals surface area contributed by atoms with Gasteiger partial charge in [-0.15, -0.1) is 0 Å². The van der Waals surface area contributed by atoms with Gasteiger partial charge in [-0.1, -0.05) is 6.92 Å². The normalized spacial score (nSPS) is 31.2. The fourth-order valence-electron chi connectivity index (χ4n) is 3.53. The number of imidazole rings is 1. The largest absolute Gasteiger partial charge is 0.475 e. The predicted octanol–water partition coefficient (Wildman–Crippen LogP) is 2.68. The Morgan fingerprint density at radius 1 is 1.45 bits per heavy atom. The number of halogens is 1. The third-order valence-corrected chi connectivity index (χ3v) is 4.96. The molecule has 0 amide bonds. The van der Waals surface area contributed by atoms with Crippen LogP contribution in [0.25, 0.3) is 5.78 Å². The number of hydrogen-bond acceptors (Lipinski definition) is 4. The van der Waals surface area contributed by atoms with Crippen LogP contribution < -0.4 is 4.74 Å². The quantitative estimate of drug-likeness (QED) is 0.852. The van der Waals surface area contributed by atoms with Crippen molar-refractivity contribution in [2.75, 3.05) is 13.3 Å². The molecule has 2 aromatic rings. The van der Waals surface area contributed by atoms with Gasteiger partial charge in [-0.3, -0.25) is 4.40 Å². The lowest BCUT2D eigenvalue weighted by atomic mass is 9.61. The molecule has 1 aliphatic carbocycles. The summed E-state index contributed by atoms with van der Waals surface area (Å²) in [6, 6.07) is 1.85. The first-order valence-corrected chi connectivity index (χ1v) is 7.81. The molecular formula is C16H20FN3O2. The summed E-state index contributed by atoms with van der Waals surface area (Å²) < 4.78 is 26.3. The summed E-state index contributed by atoms with van der Waals surface area (Å²) in [6.45, 7) is 4.23. The van der Waals surface area contributed by atoms with Crippen LogP contribution in [0, 0.1) is 0 Å². The SMILES string of the molecule is CC[C@@H](C)Oc1ccn2cc(C34COC(CF)(C3)C4)nc2n1. The van der Waals surface area contributed by atoms with E-state index in [1.54, 1.807) is 0 Å². The Balaban J connectivity index is 1.62. The zero-order valence-electron chi connectivity index (χ0n) is 12.9. The number of rotatable bonds is 5. The highest BCUT2D eigenvalue weighted by molar-refractivity contribution is 5.39. The lowest BCUT2D eigenvalue weighted by molar-refractivity contribution is -0.0235. The monoisotopic (exact) mass is 305 g/mol. The van der Waals surface area contributed by atoms with Crippen molar-refractivity contribution in [2.45, 2.75) is 50.2 Å². The molecule has 5 rings (SSSR count). The van der Waals surface area contributed by atoms with E-state index in [0.29, 0.717) is 18.3 Å². The number of aromatic nitrogens is 3. The zero-order chi connectivity index (χ0) is 15.4. The summed E-state index contributed by atoms with van der Waals surface area (Å²) in [6.07, 6.45) is 6.38. The van der Waals surface area contributed by atoms with Crippen molar-refractivity contribution in [1.82, 2.24) is 14.4 Å². The first-order valence-electron chi connectivity index (χ1n) is 7.81. The molecule has 0 spiro atoms. The van der Waals surface area contributed by atoms with E-state index >= 15 is 0 Å². The third kappa shape index (κ3) is 1.93. The maximum absolute atomic E-state index is 13.0. The van der Waals surface area contributed by atoms with Crippen molar-refractivity contribution < 1.29 is 13.9 Å². The summed E-state index contributed by atoms with van der Waals surface area (Å²) in [5.74, 6) is 1.21. The molecule has 5 nitrogen and oxygen atoms in total. The number of ether oxygens (including phenoxy) is 2. The molecule has 2 aromatic heterocycles. The highest BCUT2D eigenvalue weighted by Crippen LogP contribution is 2.58. The van der Waals surface area contributed by atoms with Crippen molar-refractivity contribution in [3.05, 3.63) is 24.2 Å². The molecule has 4 heterocycles. The average Bonchev–Trinajstić information content (AvgIpc) is 3.17. The highest BCUT2D eigenvalue weighted by atomic mass is 19.1. The minimum atomic E-state index is -0.548. The maximum Gasteiger partial charge on any atom is 0.237 e. The van der Waals surface area contributed by atoms with Gasteiger partial charge in [0.15, 0.2) is 0 Å². The van der Waals surface area contributed by atoms with Crippen LogP contribution in [0.1, 0.15) is 38.8 Å². The van der Waals surface area contributed by atoms with Crippen LogP contribution in [0.2, 0.25) is 0 Å². The second-order valence-electron chi connectivity index (χ2n) is 6.68. The average molecular weight is 305 g/mol. The van der Waals surface area contributed by atoms with Crippen LogP contribution in [-0.4, -0.2) is 39.4 Å². The van der Waals surface area contributed by atoms with Gasteiger partial charge < -0.3 is 9.47 Å². The van der Waals surface area contributed by atoms with Gasteiger partial charge >= 0.3 is 0 Å². The summed E-state index contributed by atoms with van der Waals surface area (Å²) in [4.78, 5) is 9.09. The lowest BCUT2D eigenvalue weighted by Crippen LogP contribution is -2.48. The Bertz CT molecular complexity index is 708. The molecule has 6 heteroatoms. The van der Waals surface area contributed by atoms with E-state index in [-0.39, 0.29) is 11.5 Å². The minimum absolute atomic E-state index is 0.127. The molecule has 1 saturated carbocycles. The summed E-state index contributed by atoms with van der Waals surface area (Å²) >= 11 is 0. The van der Waals surface area contributed by atoms with E-state index < -0.39 is 12.3 Å². The molecule has 2 bridgehead atoms. The molecule has 3 fully saturated rings. The molecule has 3 aliphatic rings. The Kier molecular flexibility index (Phi) is 2.95. The van der Waals surface area contributed by atoms with E-state index in [4.69, 9.17) is 9.47 Å². The topological polar surface area (TPSA) is 48.7 Å². The van der Waals surface area contributed by atoms with Gasteiger partial charge in [-0.05, 0) is 26.2 Å². The smallest absolute Gasteiger partial charge is 0.237 e. The Morgan fingerprint density at radius 3 is 2.95 bits per heavy atom. The number of nitrogens with zero attached hydrogens (tertiary/aromatic N) is 3. The molecule has 1 atom stereocenters. The number of hydrogen-bond donors (Lipinski definition) is 0. The van der Waals surface area contributed by atoms with Gasteiger partial charge in [0, 0.05) is 23.9 Å². The van der Waals surface area contributed by atoms with Gasteiger partial charge in [0.25, 0.3) is 0 Å². The Labute approximate surface area is 128 Å². The predicted molar refractivity (Wildman–Crippen MR) is 78.9 cm³/mol. The maximum atomic E-state index is 13.0. The number of fused-ring (bicyclic) bond motifs is 2. The standard InChI is InChI=1S/C16H20FN3O2/c1-3-11(2)22-13-4-5-20-6-12(18-14(20)19-13)15-7-16(8-15,9-17)21-10-15/h4-6,11H,3,7-10H2,1-2H3/t11-,15?,16?/m1/s1. The highest BCUT2D eigenvalue weighted by Gasteiger charge is 2.64. The van der Waals surface area contributed by atoms with Gasteiger partial charge in [-0.25, -0.2) is 9.37 Å². The van der Waals surface area contributed by atoms with Crippen molar-refractivity contribution in [1.29, 1.82) is 0 Å². The van der Waals surface area contributed by atoms with E-state index in [1.165, 1.54) is 0 Å². The van der Waals surface area contributed by atoms with Crippen LogP contribution in [-0.2, 0) is 10.2 Å². The van der Waals surface area contributed by atoms with Gasteiger partial charge in [0.1, 0.15) is 6.67 Å². The molecule has 2 aliphatic heterocycles. The van der Waals surface area contributed by atoms with E-state index in [9.17, 15) is 4.39 Å². The summed E-state index contributed by atoms with van der Waals surface area (Å²) in [7, 11) is 0. The zero-order valence-corrected chi connectivity index (χ0v) is 12.9. The second-order valence-corrected chi connectivity index (χ2v) is 6.68. The fraction of sp³-hybridized carbons (Fsp3) is 0.625. The van der Waals surface area contributed by atoms with Crippen LogP contribution in [0.3, 0.4) is 0 Å².